The van der Waals surface area contributed by atoms with E-state index < -0.39 is 6.09 Å². The number of carbonyl (C=O) groups excluding carboxylic acids is 2. The molecule has 0 unspecified atom stereocenters. The van der Waals surface area contributed by atoms with Gasteiger partial charge in [-0.3, -0.25) is 10.1 Å². The van der Waals surface area contributed by atoms with Gasteiger partial charge < -0.3 is 10.1 Å². The monoisotopic (exact) mass is 384 g/mol. The third-order valence-electron chi connectivity index (χ3n) is 4.61. The fourth-order valence-corrected chi connectivity index (χ4v) is 3.89. The van der Waals surface area contributed by atoms with Gasteiger partial charge in [0.1, 0.15) is 6.10 Å². The average molecular weight is 385 g/mol. The van der Waals surface area contributed by atoms with E-state index in [0.717, 1.165) is 24.2 Å². The van der Waals surface area contributed by atoms with Crippen LogP contribution in [0.1, 0.15) is 36.0 Å². The number of rotatable bonds is 5. The Bertz CT molecular complexity index is 782. The van der Waals surface area contributed by atoms with Crippen molar-refractivity contribution in [2.75, 3.05) is 11.6 Å². The highest BCUT2D eigenvalue weighted by molar-refractivity contribution is 7.98. The second kappa shape index (κ2) is 9.46. The summed E-state index contributed by atoms with van der Waals surface area (Å²) in [5.74, 6) is -0.0701. The van der Waals surface area contributed by atoms with Crippen molar-refractivity contribution < 1.29 is 14.3 Å². The highest BCUT2D eigenvalue weighted by atomic mass is 32.2. The fraction of sp³-hybridized carbons (Fsp3) is 0.333. The number of hydrogen-bond donors (Lipinski definition) is 2. The Morgan fingerprint density at radius 1 is 1.04 bits per heavy atom. The second-order valence-electron chi connectivity index (χ2n) is 6.56. The molecular weight excluding hydrogens is 360 g/mol. The molecule has 1 aliphatic carbocycles. The SMILES string of the molecule is CSc1ccccc1C(=O)N[C@H]1CCC[C@H](OC(=O)Nc2ccccc2)C1. The molecule has 2 amide bonds. The number of benzene rings is 2. The Kier molecular flexibility index (Phi) is 6.76. The van der Waals surface area contributed by atoms with Gasteiger partial charge in [0.15, 0.2) is 0 Å². The standard InChI is InChI=1S/C21H24N2O3S/c1-27-19-13-6-5-12-18(19)20(24)22-16-10-7-11-17(14-16)26-21(25)23-15-8-3-2-4-9-15/h2-6,8-9,12-13,16-17H,7,10-11,14H2,1H3,(H,22,24)(H,23,25)/t16-,17-/m0/s1. The molecule has 0 aromatic heterocycles. The van der Waals surface area contributed by atoms with Crippen molar-refractivity contribution >= 4 is 29.4 Å². The van der Waals surface area contributed by atoms with Crippen molar-refractivity contribution in [3.05, 3.63) is 60.2 Å². The summed E-state index contributed by atoms with van der Waals surface area (Å²) in [6, 6.07) is 16.8. The van der Waals surface area contributed by atoms with Crippen molar-refractivity contribution in [2.24, 2.45) is 0 Å². The maximum Gasteiger partial charge on any atom is 0.411 e. The van der Waals surface area contributed by atoms with Gasteiger partial charge in [-0.25, -0.2) is 4.79 Å². The van der Waals surface area contributed by atoms with Crippen molar-refractivity contribution in [1.29, 1.82) is 0 Å². The summed E-state index contributed by atoms with van der Waals surface area (Å²) in [7, 11) is 0. The van der Waals surface area contributed by atoms with Crippen LogP contribution in [0.5, 0.6) is 0 Å². The first kappa shape index (κ1) is 19.3. The van der Waals surface area contributed by atoms with Gasteiger partial charge in [-0.15, -0.1) is 11.8 Å². The zero-order valence-electron chi connectivity index (χ0n) is 15.3. The van der Waals surface area contributed by atoms with Gasteiger partial charge in [-0.1, -0.05) is 30.3 Å². The molecule has 6 heteroatoms. The largest absolute Gasteiger partial charge is 0.446 e. The molecule has 3 rings (SSSR count). The molecule has 142 valence electrons. The fourth-order valence-electron chi connectivity index (χ4n) is 3.30. The zero-order chi connectivity index (χ0) is 19.1. The van der Waals surface area contributed by atoms with E-state index in [1.54, 1.807) is 11.8 Å². The molecule has 27 heavy (non-hydrogen) atoms. The molecule has 0 radical (unpaired) electrons. The Morgan fingerprint density at radius 3 is 2.56 bits per heavy atom. The number of nitrogens with one attached hydrogen (secondary N) is 2. The number of anilines is 1. The minimum Gasteiger partial charge on any atom is -0.446 e. The summed E-state index contributed by atoms with van der Waals surface area (Å²) in [5.41, 5.74) is 1.40. The lowest BCUT2D eigenvalue weighted by Crippen LogP contribution is -2.41. The molecule has 5 nitrogen and oxygen atoms in total. The predicted molar refractivity (Wildman–Crippen MR) is 108 cm³/mol. The summed E-state index contributed by atoms with van der Waals surface area (Å²) < 4.78 is 5.55. The molecule has 2 aromatic carbocycles. The van der Waals surface area contributed by atoms with E-state index >= 15 is 0 Å². The van der Waals surface area contributed by atoms with Gasteiger partial charge in [-0.2, -0.15) is 0 Å². The van der Waals surface area contributed by atoms with E-state index in [4.69, 9.17) is 4.74 Å². The van der Waals surface area contributed by atoms with Crippen molar-refractivity contribution in [3.8, 4) is 0 Å². The van der Waals surface area contributed by atoms with Gasteiger partial charge in [0.25, 0.3) is 5.91 Å². The summed E-state index contributed by atoms with van der Waals surface area (Å²) in [6.45, 7) is 0. The van der Waals surface area contributed by atoms with E-state index in [2.05, 4.69) is 10.6 Å². The number of ether oxygens (including phenoxy) is 1. The summed E-state index contributed by atoms with van der Waals surface area (Å²) in [4.78, 5) is 25.7. The maximum absolute atomic E-state index is 12.6. The van der Waals surface area contributed by atoms with Crippen LogP contribution in [0.15, 0.2) is 59.5 Å². The zero-order valence-corrected chi connectivity index (χ0v) is 16.1. The van der Waals surface area contributed by atoms with Gasteiger partial charge in [0, 0.05) is 23.0 Å². The quantitative estimate of drug-likeness (QED) is 0.734. The smallest absolute Gasteiger partial charge is 0.411 e. The maximum atomic E-state index is 12.6. The summed E-state index contributed by atoms with van der Waals surface area (Å²) in [5, 5.41) is 5.83. The van der Waals surface area contributed by atoms with Crippen LogP contribution in [0, 0.1) is 0 Å². The summed E-state index contributed by atoms with van der Waals surface area (Å²) in [6.07, 6.45) is 4.58. The first-order chi connectivity index (χ1) is 13.2. The molecule has 1 fully saturated rings. The first-order valence-electron chi connectivity index (χ1n) is 9.12. The molecule has 2 atom stereocenters. The third kappa shape index (κ3) is 5.50. The van der Waals surface area contributed by atoms with E-state index in [1.807, 2.05) is 60.9 Å². The Balaban J connectivity index is 1.53. The number of amides is 2. The lowest BCUT2D eigenvalue weighted by Gasteiger charge is -2.29. The van der Waals surface area contributed by atoms with Gasteiger partial charge in [-0.05, 0) is 49.8 Å². The minimum absolute atomic E-state index is 0.00990. The molecule has 2 aromatic rings. The molecule has 2 N–H and O–H groups in total. The number of para-hydroxylation sites is 1. The summed E-state index contributed by atoms with van der Waals surface area (Å²) >= 11 is 1.56. The molecule has 0 aliphatic heterocycles. The minimum atomic E-state index is -0.453. The Labute approximate surface area is 163 Å². The average Bonchev–Trinajstić information content (AvgIpc) is 2.69. The van der Waals surface area contributed by atoms with Crippen LogP contribution in [0.2, 0.25) is 0 Å². The lowest BCUT2D eigenvalue weighted by atomic mass is 9.92. The Hall–Kier alpha value is -2.47. The van der Waals surface area contributed by atoms with Gasteiger partial charge in [0.2, 0.25) is 0 Å². The molecule has 0 heterocycles. The number of carbonyl (C=O) groups is 2. The Morgan fingerprint density at radius 2 is 1.78 bits per heavy atom. The predicted octanol–water partition coefficient (Wildman–Crippen LogP) is 4.70. The lowest BCUT2D eigenvalue weighted by molar-refractivity contribution is 0.0711. The molecule has 0 spiro atoms. The van der Waals surface area contributed by atoms with Gasteiger partial charge in [0.05, 0.1) is 5.56 Å². The number of thioether (sulfide) groups is 1. The van der Waals surface area contributed by atoms with Crippen LogP contribution in [0.3, 0.4) is 0 Å². The molecule has 1 saturated carbocycles. The van der Waals surface area contributed by atoms with Crippen LogP contribution < -0.4 is 10.6 Å². The molecule has 0 bridgehead atoms. The van der Waals surface area contributed by atoms with E-state index in [9.17, 15) is 9.59 Å². The van der Waals surface area contributed by atoms with Crippen LogP contribution in [0.25, 0.3) is 0 Å². The van der Waals surface area contributed by atoms with E-state index in [1.165, 1.54) is 0 Å². The van der Waals surface area contributed by atoms with Crippen LogP contribution in [-0.4, -0.2) is 30.4 Å². The van der Waals surface area contributed by atoms with Crippen molar-refractivity contribution in [2.45, 2.75) is 42.7 Å². The topological polar surface area (TPSA) is 67.4 Å². The van der Waals surface area contributed by atoms with Crippen LogP contribution in [0.4, 0.5) is 10.5 Å². The third-order valence-corrected chi connectivity index (χ3v) is 5.40. The van der Waals surface area contributed by atoms with E-state index in [-0.39, 0.29) is 18.1 Å². The van der Waals surface area contributed by atoms with Crippen LogP contribution in [-0.2, 0) is 4.74 Å². The molecular formula is C21H24N2O3S. The van der Waals surface area contributed by atoms with Crippen molar-refractivity contribution in [1.82, 2.24) is 5.32 Å². The van der Waals surface area contributed by atoms with Crippen molar-refractivity contribution in [3.63, 3.8) is 0 Å². The van der Waals surface area contributed by atoms with Crippen LogP contribution >= 0.6 is 11.8 Å². The van der Waals surface area contributed by atoms with E-state index in [0.29, 0.717) is 17.7 Å². The second-order valence-corrected chi connectivity index (χ2v) is 7.40. The highest BCUT2D eigenvalue weighted by Crippen LogP contribution is 2.24. The number of hydrogen-bond acceptors (Lipinski definition) is 4. The highest BCUT2D eigenvalue weighted by Gasteiger charge is 2.26. The normalized spacial score (nSPS) is 19.1. The molecule has 0 saturated heterocycles. The van der Waals surface area contributed by atoms with Gasteiger partial charge >= 0.3 is 6.09 Å². The first-order valence-corrected chi connectivity index (χ1v) is 10.3. The molecule has 1 aliphatic rings.